The minimum absolute atomic E-state index is 0.0666. The van der Waals surface area contributed by atoms with Crippen molar-refractivity contribution in [1.82, 2.24) is 20.0 Å². The second kappa shape index (κ2) is 10.8. The number of piperazine rings is 1. The van der Waals surface area contributed by atoms with Gasteiger partial charge in [0.1, 0.15) is 11.5 Å². The maximum absolute atomic E-state index is 13.0. The molecule has 2 aromatic carbocycles. The number of aromatic nitrogens is 2. The molecule has 3 aromatic rings. The van der Waals surface area contributed by atoms with Crippen LogP contribution in [0.3, 0.4) is 0 Å². The van der Waals surface area contributed by atoms with E-state index in [1.807, 2.05) is 30.3 Å². The Balaban J connectivity index is 1.24. The van der Waals surface area contributed by atoms with E-state index in [4.69, 9.17) is 13.9 Å². The smallest absolute Gasteiger partial charge is 0.257 e. The van der Waals surface area contributed by atoms with E-state index in [1.54, 1.807) is 35.1 Å². The summed E-state index contributed by atoms with van der Waals surface area (Å²) < 4.78 is 16.3. The third-order valence-corrected chi connectivity index (χ3v) is 5.83. The number of methoxy groups -OCH3 is 2. The topological polar surface area (TPSA) is 98.0 Å². The van der Waals surface area contributed by atoms with E-state index in [0.717, 1.165) is 5.56 Å². The van der Waals surface area contributed by atoms with Crippen molar-refractivity contribution in [1.29, 1.82) is 0 Å². The molecule has 1 saturated heterocycles. The molecule has 4 rings (SSSR count). The van der Waals surface area contributed by atoms with Crippen LogP contribution >= 0.6 is 0 Å². The van der Waals surface area contributed by atoms with Gasteiger partial charge in [0.15, 0.2) is 0 Å². The lowest BCUT2D eigenvalue weighted by molar-refractivity contribution is -0.132. The number of carbonyl (C=O) groups is 2. The molecule has 0 atom stereocenters. The van der Waals surface area contributed by atoms with E-state index in [-0.39, 0.29) is 11.8 Å². The SMILES string of the molecule is COc1ccc(C(=O)N2CCN(C(=O)CCCc3nnc(-c4ccccc4)o3)CC2)c(OC)c1. The molecule has 0 N–H and O–H groups in total. The molecule has 1 aromatic heterocycles. The largest absolute Gasteiger partial charge is 0.497 e. The van der Waals surface area contributed by atoms with E-state index in [9.17, 15) is 9.59 Å². The van der Waals surface area contributed by atoms with E-state index in [0.29, 0.717) is 74.3 Å². The molecule has 2 heterocycles. The van der Waals surface area contributed by atoms with Gasteiger partial charge in [-0.05, 0) is 30.7 Å². The van der Waals surface area contributed by atoms with Gasteiger partial charge < -0.3 is 23.7 Å². The number of amides is 2. The summed E-state index contributed by atoms with van der Waals surface area (Å²) in [6.45, 7) is 1.96. The third-order valence-electron chi connectivity index (χ3n) is 5.83. The zero-order valence-corrected chi connectivity index (χ0v) is 19.4. The minimum Gasteiger partial charge on any atom is -0.497 e. The van der Waals surface area contributed by atoms with Gasteiger partial charge in [0.25, 0.3) is 5.91 Å². The summed E-state index contributed by atoms with van der Waals surface area (Å²) in [5.41, 5.74) is 1.36. The fourth-order valence-corrected chi connectivity index (χ4v) is 3.91. The van der Waals surface area contributed by atoms with Crippen LogP contribution < -0.4 is 9.47 Å². The average Bonchev–Trinajstić information content (AvgIpc) is 3.37. The van der Waals surface area contributed by atoms with Gasteiger partial charge in [0.05, 0.1) is 19.8 Å². The first-order chi connectivity index (χ1) is 16.6. The van der Waals surface area contributed by atoms with Crippen LogP contribution in [0.2, 0.25) is 0 Å². The van der Waals surface area contributed by atoms with Gasteiger partial charge in [0, 0.05) is 50.7 Å². The van der Waals surface area contributed by atoms with Crippen molar-refractivity contribution < 1.29 is 23.5 Å². The minimum atomic E-state index is -0.114. The standard InChI is InChI=1S/C25H28N4O5/c1-32-19-11-12-20(21(17-19)33-2)25(31)29-15-13-28(14-16-29)23(30)10-6-9-22-26-27-24(34-22)18-7-4-3-5-8-18/h3-5,7-8,11-12,17H,6,9-10,13-16H2,1-2H3. The Labute approximate surface area is 198 Å². The van der Waals surface area contributed by atoms with Crippen LogP contribution in [-0.2, 0) is 11.2 Å². The summed E-state index contributed by atoms with van der Waals surface area (Å²) in [6.07, 6.45) is 1.56. The van der Waals surface area contributed by atoms with Crippen molar-refractivity contribution >= 4 is 11.8 Å². The van der Waals surface area contributed by atoms with Crippen molar-refractivity contribution in [2.75, 3.05) is 40.4 Å². The molecule has 1 fully saturated rings. The quantitative estimate of drug-likeness (QED) is 0.505. The number of rotatable bonds is 8. The van der Waals surface area contributed by atoms with Crippen molar-refractivity contribution in [3.63, 3.8) is 0 Å². The van der Waals surface area contributed by atoms with E-state index >= 15 is 0 Å². The molecular formula is C25H28N4O5. The van der Waals surface area contributed by atoms with Crippen molar-refractivity contribution in [2.24, 2.45) is 0 Å². The highest BCUT2D eigenvalue weighted by Crippen LogP contribution is 2.26. The Morgan fingerprint density at radius 1 is 0.941 bits per heavy atom. The number of carbonyl (C=O) groups excluding carboxylic acids is 2. The highest BCUT2D eigenvalue weighted by molar-refractivity contribution is 5.97. The molecule has 178 valence electrons. The molecule has 0 radical (unpaired) electrons. The van der Waals surface area contributed by atoms with Crippen molar-refractivity contribution in [3.05, 3.63) is 60.0 Å². The molecular weight excluding hydrogens is 436 g/mol. The van der Waals surface area contributed by atoms with Crippen LogP contribution in [0.1, 0.15) is 29.1 Å². The van der Waals surface area contributed by atoms with Gasteiger partial charge in [0.2, 0.25) is 17.7 Å². The maximum Gasteiger partial charge on any atom is 0.257 e. The predicted molar refractivity (Wildman–Crippen MR) is 125 cm³/mol. The number of benzene rings is 2. The van der Waals surface area contributed by atoms with E-state index in [1.165, 1.54) is 7.11 Å². The average molecular weight is 465 g/mol. The van der Waals surface area contributed by atoms with Crippen LogP contribution in [-0.4, -0.2) is 72.2 Å². The van der Waals surface area contributed by atoms with Crippen molar-refractivity contribution in [2.45, 2.75) is 19.3 Å². The molecule has 9 heteroatoms. The lowest BCUT2D eigenvalue weighted by Crippen LogP contribution is -2.50. The molecule has 0 bridgehead atoms. The first kappa shape index (κ1) is 23.3. The molecule has 1 aliphatic rings. The summed E-state index contributed by atoms with van der Waals surface area (Å²) in [7, 11) is 3.09. The second-order valence-corrected chi connectivity index (χ2v) is 7.96. The molecule has 2 amide bonds. The fourth-order valence-electron chi connectivity index (χ4n) is 3.91. The maximum atomic E-state index is 13.0. The number of aryl methyl sites for hydroxylation is 1. The summed E-state index contributed by atoms with van der Waals surface area (Å²) >= 11 is 0. The second-order valence-electron chi connectivity index (χ2n) is 7.96. The predicted octanol–water partition coefficient (Wildman–Crippen LogP) is 3.06. The molecule has 34 heavy (non-hydrogen) atoms. The zero-order chi connectivity index (χ0) is 23.9. The summed E-state index contributed by atoms with van der Waals surface area (Å²) in [5, 5.41) is 8.16. The van der Waals surface area contributed by atoms with Gasteiger partial charge in [-0.2, -0.15) is 0 Å². The van der Waals surface area contributed by atoms with E-state index < -0.39 is 0 Å². The van der Waals surface area contributed by atoms with Gasteiger partial charge in [-0.3, -0.25) is 9.59 Å². The van der Waals surface area contributed by atoms with Gasteiger partial charge >= 0.3 is 0 Å². The lowest BCUT2D eigenvalue weighted by atomic mass is 10.1. The fraction of sp³-hybridized carbons (Fsp3) is 0.360. The van der Waals surface area contributed by atoms with Crippen LogP contribution in [0, 0.1) is 0 Å². The highest BCUT2D eigenvalue weighted by atomic mass is 16.5. The van der Waals surface area contributed by atoms with Gasteiger partial charge in [-0.25, -0.2) is 0 Å². The number of hydrogen-bond acceptors (Lipinski definition) is 7. The third kappa shape index (κ3) is 5.36. The molecule has 0 saturated carbocycles. The monoisotopic (exact) mass is 464 g/mol. The van der Waals surface area contributed by atoms with Crippen LogP contribution in [0.4, 0.5) is 0 Å². The number of ether oxygens (including phenoxy) is 2. The van der Waals surface area contributed by atoms with Crippen LogP contribution in [0.15, 0.2) is 52.9 Å². The first-order valence-corrected chi connectivity index (χ1v) is 11.3. The highest BCUT2D eigenvalue weighted by Gasteiger charge is 2.26. The molecule has 0 unspecified atom stereocenters. The molecule has 1 aliphatic heterocycles. The summed E-state index contributed by atoms with van der Waals surface area (Å²) in [6, 6.07) is 14.7. The number of nitrogens with zero attached hydrogens (tertiary/aromatic N) is 4. The molecule has 0 aliphatic carbocycles. The molecule has 0 spiro atoms. The Hall–Kier alpha value is -3.88. The number of hydrogen-bond donors (Lipinski definition) is 0. The Kier molecular flexibility index (Phi) is 7.41. The van der Waals surface area contributed by atoms with Crippen molar-refractivity contribution in [3.8, 4) is 23.0 Å². The summed E-state index contributed by atoms with van der Waals surface area (Å²) in [4.78, 5) is 29.2. The van der Waals surface area contributed by atoms with Gasteiger partial charge in [-0.15, -0.1) is 10.2 Å². The lowest BCUT2D eigenvalue weighted by Gasteiger charge is -2.35. The zero-order valence-electron chi connectivity index (χ0n) is 19.4. The Bertz CT molecular complexity index is 1120. The molecule has 9 nitrogen and oxygen atoms in total. The van der Waals surface area contributed by atoms with Crippen LogP contribution in [0.25, 0.3) is 11.5 Å². The Morgan fingerprint density at radius 2 is 1.68 bits per heavy atom. The summed E-state index contributed by atoms with van der Waals surface area (Å²) in [5.74, 6) is 2.06. The Morgan fingerprint density at radius 3 is 2.38 bits per heavy atom. The van der Waals surface area contributed by atoms with Gasteiger partial charge in [-0.1, -0.05) is 18.2 Å². The first-order valence-electron chi connectivity index (χ1n) is 11.3. The van der Waals surface area contributed by atoms with Crippen LogP contribution in [0.5, 0.6) is 11.5 Å². The van der Waals surface area contributed by atoms with E-state index in [2.05, 4.69) is 10.2 Å². The normalized spacial score (nSPS) is 13.6.